The number of nitrogens with one attached hydrogen (secondary N) is 2. The molecule has 0 radical (unpaired) electrons. The molecule has 1 rings (SSSR count). The summed E-state index contributed by atoms with van der Waals surface area (Å²) >= 11 is 0. The Kier molecular flexibility index (Phi) is 5.25. The van der Waals surface area contributed by atoms with Crippen LogP contribution in [0.3, 0.4) is 0 Å². The maximum atomic E-state index is 12.1. The van der Waals surface area contributed by atoms with Crippen molar-refractivity contribution in [3.05, 3.63) is 33.9 Å². The lowest BCUT2D eigenvalue weighted by molar-refractivity contribution is -0.384. The Labute approximate surface area is 111 Å². The van der Waals surface area contributed by atoms with Crippen LogP contribution in [0.1, 0.15) is 17.3 Å². The van der Waals surface area contributed by atoms with E-state index in [4.69, 9.17) is 4.74 Å². The number of nitro groups is 1. The van der Waals surface area contributed by atoms with Crippen molar-refractivity contribution in [3.8, 4) is 0 Å². The van der Waals surface area contributed by atoms with Crippen LogP contribution in [0.4, 0.5) is 11.4 Å². The number of amides is 1. The molecule has 0 aliphatic rings. The van der Waals surface area contributed by atoms with Gasteiger partial charge in [0.2, 0.25) is 0 Å². The fourth-order valence-corrected chi connectivity index (χ4v) is 1.64. The van der Waals surface area contributed by atoms with Gasteiger partial charge in [-0.05, 0) is 13.0 Å². The Bertz CT molecular complexity index is 476. The van der Waals surface area contributed by atoms with E-state index in [1.165, 1.54) is 25.3 Å². The predicted molar refractivity (Wildman–Crippen MR) is 71.4 cm³/mol. The van der Waals surface area contributed by atoms with Crippen LogP contribution < -0.4 is 10.6 Å². The number of benzene rings is 1. The molecular weight excluding hydrogens is 250 g/mol. The molecule has 1 atom stereocenters. The summed E-state index contributed by atoms with van der Waals surface area (Å²) in [7, 11) is 3.19. The molecule has 0 fully saturated rings. The maximum absolute atomic E-state index is 12.1. The number of methoxy groups -OCH3 is 1. The average Bonchev–Trinajstić information content (AvgIpc) is 2.37. The number of anilines is 1. The fraction of sp³-hybridized carbons (Fsp3) is 0.417. The normalized spacial score (nSPS) is 11.7. The van der Waals surface area contributed by atoms with E-state index in [-0.39, 0.29) is 23.2 Å². The van der Waals surface area contributed by atoms with E-state index >= 15 is 0 Å². The van der Waals surface area contributed by atoms with Gasteiger partial charge in [-0.15, -0.1) is 0 Å². The Morgan fingerprint density at radius 2 is 2.21 bits per heavy atom. The topological polar surface area (TPSA) is 93.5 Å². The summed E-state index contributed by atoms with van der Waals surface area (Å²) in [5.41, 5.74) is 0.649. The lowest BCUT2D eigenvalue weighted by atomic mass is 10.1. The molecular formula is C12H17N3O4. The number of hydrogen-bond donors (Lipinski definition) is 2. The van der Waals surface area contributed by atoms with Crippen molar-refractivity contribution >= 4 is 17.3 Å². The summed E-state index contributed by atoms with van der Waals surface area (Å²) in [5.74, 6) is -0.377. The maximum Gasteiger partial charge on any atom is 0.270 e. The molecule has 0 saturated heterocycles. The molecule has 1 aromatic rings. The molecule has 1 aromatic carbocycles. The molecule has 19 heavy (non-hydrogen) atoms. The van der Waals surface area contributed by atoms with Gasteiger partial charge >= 0.3 is 0 Å². The van der Waals surface area contributed by atoms with Gasteiger partial charge in [0.05, 0.1) is 17.1 Å². The van der Waals surface area contributed by atoms with Gasteiger partial charge in [0, 0.05) is 38.0 Å². The van der Waals surface area contributed by atoms with Crippen molar-refractivity contribution < 1.29 is 14.5 Å². The molecule has 2 N–H and O–H groups in total. The van der Waals surface area contributed by atoms with Crippen molar-refractivity contribution in [1.29, 1.82) is 0 Å². The highest BCUT2D eigenvalue weighted by atomic mass is 16.6. The second kappa shape index (κ2) is 6.69. The molecule has 104 valence electrons. The van der Waals surface area contributed by atoms with E-state index in [9.17, 15) is 14.9 Å². The van der Waals surface area contributed by atoms with Gasteiger partial charge < -0.3 is 15.4 Å². The zero-order chi connectivity index (χ0) is 14.4. The van der Waals surface area contributed by atoms with E-state index < -0.39 is 4.92 Å². The molecule has 1 amide bonds. The van der Waals surface area contributed by atoms with Gasteiger partial charge in [-0.25, -0.2) is 0 Å². The first-order valence-electron chi connectivity index (χ1n) is 5.75. The monoisotopic (exact) mass is 267 g/mol. The lowest BCUT2D eigenvalue weighted by Gasteiger charge is -2.14. The van der Waals surface area contributed by atoms with Crippen LogP contribution in [0.2, 0.25) is 0 Å². The van der Waals surface area contributed by atoms with Gasteiger partial charge in [0.1, 0.15) is 0 Å². The van der Waals surface area contributed by atoms with Crippen LogP contribution in [-0.2, 0) is 4.74 Å². The van der Waals surface area contributed by atoms with Gasteiger partial charge in [0.15, 0.2) is 0 Å². The van der Waals surface area contributed by atoms with Crippen LogP contribution in [-0.4, -0.2) is 37.6 Å². The van der Waals surface area contributed by atoms with Gasteiger partial charge in [0.25, 0.3) is 11.6 Å². The summed E-state index contributed by atoms with van der Waals surface area (Å²) in [4.78, 5) is 22.3. The quantitative estimate of drug-likeness (QED) is 0.600. The first kappa shape index (κ1) is 14.9. The Balaban J connectivity index is 2.99. The van der Waals surface area contributed by atoms with Gasteiger partial charge in [-0.1, -0.05) is 0 Å². The largest absolute Gasteiger partial charge is 0.387 e. The third-order valence-electron chi connectivity index (χ3n) is 2.52. The predicted octanol–water partition coefficient (Wildman–Crippen LogP) is 1.40. The van der Waals surface area contributed by atoms with Crippen molar-refractivity contribution in [2.45, 2.75) is 13.0 Å². The third-order valence-corrected chi connectivity index (χ3v) is 2.52. The summed E-state index contributed by atoms with van der Waals surface area (Å²) in [5, 5.41) is 16.3. The summed E-state index contributed by atoms with van der Waals surface area (Å²) < 4.78 is 4.92. The highest BCUT2D eigenvalue weighted by molar-refractivity contribution is 6.00. The van der Waals surface area contributed by atoms with Crippen LogP contribution in [0.25, 0.3) is 0 Å². The zero-order valence-corrected chi connectivity index (χ0v) is 11.1. The average molecular weight is 267 g/mol. The Hall–Kier alpha value is -2.15. The zero-order valence-electron chi connectivity index (χ0n) is 11.1. The van der Waals surface area contributed by atoms with Crippen LogP contribution in [0, 0.1) is 10.1 Å². The summed E-state index contributed by atoms with van der Waals surface area (Å²) in [6.07, 6.45) is 0. The third kappa shape index (κ3) is 3.92. The number of nitro benzene ring substituents is 1. The molecule has 7 nitrogen and oxygen atoms in total. The number of carbonyl (C=O) groups is 1. The first-order chi connectivity index (χ1) is 8.99. The number of ether oxygens (including phenoxy) is 1. The fourth-order valence-electron chi connectivity index (χ4n) is 1.64. The van der Waals surface area contributed by atoms with Crippen LogP contribution >= 0.6 is 0 Å². The van der Waals surface area contributed by atoms with E-state index in [0.29, 0.717) is 12.3 Å². The second-order valence-electron chi connectivity index (χ2n) is 4.07. The lowest BCUT2D eigenvalue weighted by Crippen LogP contribution is -2.35. The molecule has 0 spiro atoms. The number of nitrogens with zero attached hydrogens (tertiary/aromatic N) is 1. The number of hydrogen-bond acceptors (Lipinski definition) is 5. The number of carbonyl (C=O) groups excluding carboxylic acids is 1. The molecule has 0 aliphatic heterocycles. The molecule has 1 unspecified atom stereocenters. The molecule has 7 heteroatoms. The smallest absolute Gasteiger partial charge is 0.270 e. The van der Waals surface area contributed by atoms with E-state index in [1.807, 2.05) is 0 Å². The van der Waals surface area contributed by atoms with Crippen molar-refractivity contribution in [3.63, 3.8) is 0 Å². The first-order valence-corrected chi connectivity index (χ1v) is 5.75. The van der Waals surface area contributed by atoms with Crippen LogP contribution in [0.5, 0.6) is 0 Å². The Morgan fingerprint density at radius 3 is 2.74 bits per heavy atom. The van der Waals surface area contributed by atoms with E-state index in [2.05, 4.69) is 10.6 Å². The number of non-ortho nitro benzene ring substituents is 1. The molecule has 0 aromatic heterocycles. The standard InChI is InChI=1S/C12H17N3O4/c1-8(7-19-3)14-12(16)10-6-9(15(17)18)4-5-11(10)13-2/h4-6,8,13H,7H2,1-3H3,(H,14,16). The summed E-state index contributed by atoms with van der Waals surface area (Å²) in [6, 6.07) is 3.93. The SMILES string of the molecule is CNc1ccc([N+](=O)[O-])cc1C(=O)NC(C)COC. The van der Waals surface area contributed by atoms with Crippen molar-refractivity contribution in [1.82, 2.24) is 5.32 Å². The minimum absolute atomic E-state index is 0.122. The van der Waals surface area contributed by atoms with E-state index in [1.54, 1.807) is 14.0 Å². The molecule has 0 heterocycles. The van der Waals surface area contributed by atoms with E-state index in [0.717, 1.165) is 0 Å². The minimum atomic E-state index is -0.533. The summed E-state index contributed by atoms with van der Waals surface area (Å²) in [6.45, 7) is 2.16. The van der Waals surface area contributed by atoms with Gasteiger partial charge in [-0.3, -0.25) is 14.9 Å². The highest BCUT2D eigenvalue weighted by Crippen LogP contribution is 2.21. The molecule has 0 saturated carbocycles. The Morgan fingerprint density at radius 1 is 1.53 bits per heavy atom. The second-order valence-corrected chi connectivity index (χ2v) is 4.07. The molecule has 0 bridgehead atoms. The van der Waals surface area contributed by atoms with Gasteiger partial charge in [-0.2, -0.15) is 0 Å². The molecule has 0 aliphatic carbocycles. The minimum Gasteiger partial charge on any atom is -0.387 e. The number of rotatable bonds is 6. The van der Waals surface area contributed by atoms with Crippen LogP contribution in [0.15, 0.2) is 18.2 Å². The van der Waals surface area contributed by atoms with Crippen molar-refractivity contribution in [2.75, 3.05) is 26.1 Å². The highest BCUT2D eigenvalue weighted by Gasteiger charge is 2.17. The van der Waals surface area contributed by atoms with Crippen molar-refractivity contribution in [2.24, 2.45) is 0 Å².